The van der Waals surface area contributed by atoms with Gasteiger partial charge in [-0.15, -0.1) is 0 Å². The van der Waals surface area contributed by atoms with Crippen LogP contribution in [0.25, 0.3) is 0 Å². The molecule has 2 aromatic rings. The molecule has 138 valence electrons. The van der Waals surface area contributed by atoms with Crippen LogP contribution in [-0.4, -0.2) is 22.4 Å². The second kappa shape index (κ2) is 7.77. The van der Waals surface area contributed by atoms with Crippen LogP contribution in [0.15, 0.2) is 53.6 Å². The first-order chi connectivity index (χ1) is 12.9. The molecule has 0 radical (unpaired) electrons. The molecule has 8 nitrogen and oxygen atoms in total. The summed E-state index contributed by atoms with van der Waals surface area (Å²) in [6.45, 7) is 1.74. The van der Waals surface area contributed by atoms with E-state index in [9.17, 15) is 19.7 Å². The summed E-state index contributed by atoms with van der Waals surface area (Å²) in [7, 11) is 0. The Morgan fingerprint density at radius 3 is 2.19 bits per heavy atom. The molecule has 1 aliphatic carbocycles. The number of benzene rings is 2. The zero-order chi connectivity index (χ0) is 19.4. The number of hydrogen-bond donors (Lipinski definition) is 2. The van der Waals surface area contributed by atoms with Gasteiger partial charge in [-0.25, -0.2) is 5.43 Å². The molecule has 0 unspecified atom stereocenters. The van der Waals surface area contributed by atoms with Gasteiger partial charge in [0.15, 0.2) is 0 Å². The number of nitro groups is 1. The number of non-ortho nitro benzene ring substituents is 1. The molecule has 2 N–H and O–H groups in total. The molecule has 0 spiro atoms. The van der Waals surface area contributed by atoms with Crippen LogP contribution in [0.1, 0.15) is 35.7 Å². The summed E-state index contributed by atoms with van der Waals surface area (Å²) < 4.78 is 0. The number of nitrogens with zero attached hydrogens (tertiary/aromatic N) is 2. The largest absolute Gasteiger partial charge is 0.326 e. The van der Waals surface area contributed by atoms with Crippen LogP contribution < -0.4 is 10.7 Å². The summed E-state index contributed by atoms with van der Waals surface area (Å²) in [6.07, 6.45) is 1.90. The molecule has 0 saturated heterocycles. The Kier molecular flexibility index (Phi) is 5.25. The lowest BCUT2D eigenvalue weighted by Gasteiger charge is -2.06. The normalized spacial score (nSPS) is 13.7. The smallest absolute Gasteiger partial charge is 0.271 e. The van der Waals surface area contributed by atoms with Crippen molar-refractivity contribution in [3.05, 3.63) is 69.8 Å². The number of rotatable bonds is 6. The van der Waals surface area contributed by atoms with Crippen molar-refractivity contribution >= 4 is 28.9 Å². The van der Waals surface area contributed by atoms with Gasteiger partial charge in [-0.3, -0.25) is 19.7 Å². The predicted molar refractivity (Wildman–Crippen MR) is 101 cm³/mol. The predicted octanol–water partition coefficient (Wildman–Crippen LogP) is 3.10. The average molecular weight is 366 g/mol. The maximum Gasteiger partial charge on any atom is 0.271 e. The molecule has 1 aliphatic rings. The van der Waals surface area contributed by atoms with Crippen molar-refractivity contribution in [1.29, 1.82) is 0 Å². The average Bonchev–Trinajstić information content (AvgIpc) is 3.52. The Hall–Kier alpha value is -3.55. The highest BCUT2D eigenvalue weighted by Crippen LogP contribution is 2.30. The van der Waals surface area contributed by atoms with Gasteiger partial charge >= 0.3 is 0 Å². The third kappa shape index (κ3) is 4.75. The molecular formula is C19H18N4O4. The Bertz CT molecular complexity index is 900. The number of nitro benzene ring substituents is 1. The maximum absolute atomic E-state index is 12.1. The summed E-state index contributed by atoms with van der Waals surface area (Å²) in [4.78, 5) is 33.9. The van der Waals surface area contributed by atoms with Crippen molar-refractivity contribution < 1.29 is 14.5 Å². The van der Waals surface area contributed by atoms with Gasteiger partial charge in [0.05, 0.1) is 10.6 Å². The Morgan fingerprint density at radius 2 is 1.63 bits per heavy atom. The molecule has 3 rings (SSSR count). The highest BCUT2D eigenvalue weighted by molar-refractivity contribution is 6.01. The lowest BCUT2D eigenvalue weighted by Crippen LogP contribution is -2.19. The van der Waals surface area contributed by atoms with E-state index in [0.29, 0.717) is 5.71 Å². The monoisotopic (exact) mass is 366 g/mol. The van der Waals surface area contributed by atoms with E-state index in [-0.39, 0.29) is 23.1 Å². The van der Waals surface area contributed by atoms with E-state index in [0.717, 1.165) is 24.1 Å². The van der Waals surface area contributed by atoms with Crippen molar-refractivity contribution in [2.24, 2.45) is 11.0 Å². The van der Waals surface area contributed by atoms with Gasteiger partial charge in [0.2, 0.25) is 5.91 Å². The molecule has 1 saturated carbocycles. The third-order valence-electron chi connectivity index (χ3n) is 4.18. The number of hydrazone groups is 1. The quantitative estimate of drug-likeness (QED) is 0.464. The van der Waals surface area contributed by atoms with Gasteiger partial charge in [0.25, 0.3) is 11.6 Å². The van der Waals surface area contributed by atoms with Crippen molar-refractivity contribution in [1.82, 2.24) is 5.43 Å². The lowest BCUT2D eigenvalue weighted by atomic mass is 10.1. The van der Waals surface area contributed by atoms with Gasteiger partial charge in [-0.2, -0.15) is 5.10 Å². The Morgan fingerprint density at radius 1 is 1.04 bits per heavy atom. The van der Waals surface area contributed by atoms with Gasteiger partial charge in [0.1, 0.15) is 0 Å². The second-order valence-electron chi connectivity index (χ2n) is 6.28. The first kappa shape index (κ1) is 18.2. The molecule has 0 bridgehead atoms. The number of anilines is 1. The van der Waals surface area contributed by atoms with Crippen LogP contribution in [0.4, 0.5) is 11.4 Å². The van der Waals surface area contributed by atoms with Gasteiger partial charge in [0, 0.05) is 29.3 Å². The molecule has 8 heteroatoms. The first-order valence-electron chi connectivity index (χ1n) is 8.44. The SMILES string of the molecule is C/C(=N\NC(=O)c1ccc([N+](=O)[O-])cc1)c1ccc(NC(=O)C2CC2)cc1. The van der Waals surface area contributed by atoms with Crippen LogP contribution in [0, 0.1) is 16.0 Å². The standard InChI is InChI=1S/C19H18N4O4/c1-12(13-4-8-16(9-5-13)20-18(24)14-2-3-14)21-22-19(25)15-6-10-17(11-7-15)23(26)27/h4-11,14H,2-3H2,1H3,(H,20,24)(H,22,25)/b21-12+. The molecule has 0 aromatic heterocycles. The maximum atomic E-state index is 12.1. The van der Waals surface area contributed by atoms with E-state index in [4.69, 9.17) is 0 Å². The molecular weight excluding hydrogens is 348 g/mol. The highest BCUT2D eigenvalue weighted by Gasteiger charge is 2.29. The molecule has 2 amide bonds. The van der Waals surface area contributed by atoms with Crippen molar-refractivity contribution in [3.63, 3.8) is 0 Å². The summed E-state index contributed by atoms with van der Waals surface area (Å²) in [5.74, 6) is -0.274. The highest BCUT2D eigenvalue weighted by atomic mass is 16.6. The van der Waals surface area contributed by atoms with E-state index >= 15 is 0 Å². The number of hydrogen-bond acceptors (Lipinski definition) is 5. The van der Waals surface area contributed by atoms with Gasteiger partial charge in [-0.05, 0) is 49.6 Å². The number of carbonyl (C=O) groups is 2. The Balaban J connectivity index is 1.60. The minimum Gasteiger partial charge on any atom is -0.326 e. The van der Waals surface area contributed by atoms with Crippen molar-refractivity contribution in [2.45, 2.75) is 19.8 Å². The molecule has 0 heterocycles. The van der Waals surface area contributed by atoms with E-state index < -0.39 is 10.8 Å². The van der Waals surface area contributed by atoms with Crippen LogP contribution in [-0.2, 0) is 4.79 Å². The minimum absolute atomic E-state index is 0.0449. The minimum atomic E-state index is -0.527. The zero-order valence-corrected chi connectivity index (χ0v) is 14.6. The fourth-order valence-electron chi connectivity index (χ4n) is 2.38. The Labute approximate surface area is 155 Å². The van der Waals surface area contributed by atoms with Gasteiger partial charge < -0.3 is 5.32 Å². The van der Waals surface area contributed by atoms with Crippen LogP contribution >= 0.6 is 0 Å². The fraction of sp³-hybridized carbons (Fsp3) is 0.211. The number of nitrogens with one attached hydrogen (secondary N) is 2. The molecule has 0 atom stereocenters. The number of carbonyl (C=O) groups excluding carboxylic acids is 2. The molecule has 2 aromatic carbocycles. The first-order valence-corrected chi connectivity index (χ1v) is 8.44. The topological polar surface area (TPSA) is 114 Å². The van der Waals surface area contributed by atoms with E-state index in [1.165, 1.54) is 24.3 Å². The van der Waals surface area contributed by atoms with Gasteiger partial charge in [-0.1, -0.05) is 12.1 Å². The van der Waals surface area contributed by atoms with Crippen LogP contribution in [0.3, 0.4) is 0 Å². The molecule has 1 fully saturated rings. The lowest BCUT2D eigenvalue weighted by molar-refractivity contribution is -0.384. The second-order valence-corrected chi connectivity index (χ2v) is 6.28. The fourth-order valence-corrected chi connectivity index (χ4v) is 2.38. The summed E-state index contributed by atoms with van der Waals surface area (Å²) in [6, 6.07) is 12.4. The van der Waals surface area contributed by atoms with Crippen molar-refractivity contribution in [2.75, 3.05) is 5.32 Å². The van der Waals surface area contributed by atoms with E-state index in [1.54, 1.807) is 31.2 Å². The zero-order valence-electron chi connectivity index (χ0n) is 14.6. The van der Waals surface area contributed by atoms with E-state index in [2.05, 4.69) is 15.8 Å². The molecule has 0 aliphatic heterocycles. The van der Waals surface area contributed by atoms with Crippen LogP contribution in [0.5, 0.6) is 0 Å². The summed E-state index contributed by atoms with van der Waals surface area (Å²) >= 11 is 0. The number of amides is 2. The van der Waals surface area contributed by atoms with Crippen LogP contribution in [0.2, 0.25) is 0 Å². The third-order valence-corrected chi connectivity index (χ3v) is 4.18. The van der Waals surface area contributed by atoms with Crippen molar-refractivity contribution in [3.8, 4) is 0 Å². The summed E-state index contributed by atoms with van der Waals surface area (Å²) in [5, 5.41) is 17.5. The van der Waals surface area contributed by atoms with E-state index in [1.807, 2.05) is 0 Å². The molecule has 27 heavy (non-hydrogen) atoms. The summed E-state index contributed by atoms with van der Waals surface area (Å²) in [5.41, 5.74) is 4.72.